The van der Waals surface area contributed by atoms with E-state index in [9.17, 15) is 9.59 Å². The van der Waals surface area contributed by atoms with Gasteiger partial charge < -0.3 is 10.2 Å². The minimum Gasteiger partial charge on any atom is -0.343 e. The summed E-state index contributed by atoms with van der Waals surface area (Å²) in [5.41, 5.74) is 0.683. The third-order valence-electron chi connectivity index (χ3n) is 2.90. The summed E-state index contributed by atoms with van der Waals surface area (Å²) < 4.78 is 1.57. The minimum absolute atomic E-state index is 0.0600. The number of nitrogens with one attached hydrogen (secondary N) is 1. The van der Waals surface area contributed by atoms with Gasteiger partial charge in [-0.15, -0.1) is 5.10 Å². The molecular weight excluding hydrogens is 234 g/mol. The van der Waals surface area contributed by atoms with Gasteiger partial charge in [-0.1, -0.05) is 19.1 Å². The molecule has 1 aromatic heterocycles. The van der Waals surface area contributed by atoms with Crippen molar-refractivity contribution in [3.8, 4) is 0 Å². The smallest absolute Gasteiger partial charge is 0.246 e. The van der Waals surface area contributed by atoms with E-state index in [1.54, 1.807) is 17.9 Å². The Morgan fingerprint density at radius 1 is 1.50 bits per heavy atom. The first-order valence-corrected chi connectivity index (χ1v) is 5.90. The molecule has 7 nitrogen and oxygen atoms in total. The molecule has 0 radical (unpaired) electrons. The molecule has 1 N–H and O–H groups in total. The molecule has 7 heteroatoms. The van der Waals surface area contributed by atoms with Crippen molar-refractivity contribution in [3.05, 3.63) is 11.9 Å². The first-order chi connectivity index (χ1) is 8.47. The molecule has 1 atom stereocenters. The standard InChI is InChI=1S/C11H17N5O2/c1-7(2)10-11(18)16(6-9(17)12-10)5-8-4-15(3)14-13-8/h4,7,10H,5-6H2,1-3H3,(H,12,17). The van der Waals surface area contributed by atoms with Crippen LogP contribution in [0.3, 0.4) is 0 Å². The predicted octanol–water partition coefficient (Wildman–Crippen LogP) is -0.702. The fourth-order valence-corrected chi connectivity index (χ4v) is 1.98. The van der Waals surface area contributed by atoms with Gasteiger partial charge in [0.2, 0.25) is 11.8 Å². The maximum absolute atomic E-state index is 12.2. The van der Waals surface area contributed by atoms with Crippen molar-refractivity contribution in [1.29, 1.82) is 0 Å². The molecular formula is C11H17N5O2. The molecule has 2 amide bonds. The lowest BCUT2D eigenvalue weighted by Crippen LogP contribution is -2.59. The van der Waals surface area contributed by atoms with Gasteiger partial charge in [0.1, 0.15) is 18.3 Å². The Balaban J connectivity index is 2.11. The summed E-state index contributed by atoms with van der Waals surface area (Å²) in [5, 5.41) is 10.5. The normalized spacial score (nSPS) is 20.4. The Bertz CT molecular complexity index is 468. The average molecular weight is 251 g/mol. The SMILES string of the molecule is CC(C)C1NC(=O)CN(Cc2cn(C)nn2)C1=O. The van der Waals surface area contributed by atoms with Crippen LogP contribution in [0.2, 0.25) is 0 Å². The fraction of sp³-hybridized carbons (Fsp3) is 0.636. The molecule has 98 valence electrons. The van der Waals surface area contributed by atoms with E-state index in [1.807, 2.05) is 13.8 Å². The van der Waals surface area contributed by atoms with Gasteiger partial charge in [-0.05, 0) is 5.92 Å². The second-order valence-electron chi connectivity index (χ2n) is 4.87. The second kappa shape index (κ2) is 4.75. The number of hydrogen-bond donors (Lipinski definition) is 1. The third-order valence-corrected chi connectivity index (χ3v) is 2.90. The molecule has 0 saturated carbocycles. The summed E-state index contributed by atoms with van der Waals surface area (Å²) in [6, 6.07) is -0.442. The van der Waals surface area contributed by atoms with Crippen LogP contribution >= 0.6 is 0 Å². The number of aromatic nitrogens is 3. The van der Waals surface area contributed by atoms with Crippen LogP contribution in [0.5, 0.6) is 0 Å². The van der Waals surface area contributed by atoms with Gasteiger partial charge in [0.05, 0.1) is 6.54 Å². The van der Waals surface area contributed by atoms with Gasteiger partial charge >= 0.3 is 0 Å². The number of piperazine rings is 1. The Kier molecular flexibility index (Phi) is 3.31. The lowest BCUT2D eigenvalue weighted by molar-refractivity contribution is -0.146. The lowest BCUT2D eigenvalue weighted by atomic mass is 10.0. The van der Waals surface area contributed by atoms with Crippen LogP contribution in [0.4, 0.5) is 0 Å². The van der Waals surface area contributed by atoms with Crippen LogP contribution < -0.4 is 5.32 Å². The molecule has 1 aromatic rings. The van der Waals surface area contributed by atoms with E-state index in [-0.39, 0.29) is 24.3 Å². The number of carbonyl (C=O) groups excluding carboxylic acids is 2. The molecule has 1 fully saturated rings. The highest BCUT2D eigenvalue weighted by atomic mass is 16.2. The van der Waals surface area contributed by atoms with Crippen molar-refractivity contribution in [3.63, 3.8) is 0 Å². The average Bonchev–Trinajstić information content (AvgIpc) is 2.68. The van der Waals surface area contributed by atoms with Gasteiger partial charge in [0.25, 0.3) is 0 Å². The first-order valence-electron chi connectivity index (χ1n) is 5.90. The Morgan fingerprint density at radius 2 is 2.22 bits per heavy atom. The molecule has 2 rings (SSSR count). The Labute approximate surface area is 105 Å². The van der Waals surface area contributed by atoms with Crippen molar-refractivity contribution < 1.29 is 9.59 Å². The highest BCUT2D eigenvalue weighted by Crippen LogP contribution is 2.12. The highest BCUT2D eigenvalue weighted by Gasteiger charge is 2.34. The zero-order valence-corrected chi connectivity index (χ0v) is 10.8. The number of hydrogen-bond acceptors (Lipinski definition) is 4. The van der Waals surface area contributed by atoms with E-state index in [0.29, 0.717) is 12.2 Å². The van der Waals surface area contributed by atoms with Crippen LogP contribution in [0.1, 0.15) is 19.5 Å². The van der Waals surface area contributed by atoms with E-state index in [2.05, 4.69) is 15.6 Å². The second-order valence-corrected chi connectivity index (χ2v) is 4.87. The van der Waals surface area contributed by atoms with Gasteiger partial charge in [-0.3, -0.25) is 14.3 Å². The van der Waals surface area contributed by atoms with Gasteiger partial charge in [-0.2, -0.15) is 0 Å². The first kappa shape index (κ1) is 12.5. The molecule has 1 saturated heterocycles. The highest BCUT2D eigenvalue weighted by molar-refractivity contribution is 5.94. The molecule has 2 heterocycles. The Morgan fingerprint density at radius 3 is 2.78 bits per heavy atom. The van der Waals surface area contributed by atoms with E-state index in [1.165, 1.54) is 4.90 Å². The van der Waals surface area contributed by atoms with Crippen molar-refractivity contribution in [2.45, 2.75) is 26.4 Å². The van der Waals surface area contributed by atoms with Crippen LogP contribution in [-0.2, 0) is 23.2 Å². The maximum atomic E-state index is 12.2. The fourth-order valence-electron chi connectivity index (χ4n) is 1.98. The Hall–Kier alpha value is -1.92. The number of aryl methyl sites for hydroxylation is 1. The largest absolute Gasteiger partial charge is 0.343 e. The molecule has 0 aromatic carbocycles. The van der Waals surface area contributed by atoms with Crippen molar-refractivity contribution >= 4 is 11.8 Å². The van der Waals surface area contributed by atoms with Gasteiger partial charge in [-0.25, -0.2) is 0 Å². The zero-order chi connectivity index (χ0) is 13.3. The summed E-state index contributed by atoms with van der Waals surface area (Å²) in [5.74, 6) is -0.112. The monoisotopic (exact) mass is 251 g/mol. The third kappa shape index (κ3) is 2.49. The van der Waals surface area contributed by atoms with Gasteiger partial charge in [0.15, 0.2) is 0 Å². The van der Waals surface area contributed by atoms with Crippen molar-refractivity contribution in [1.82, 2.24) is 25.2 Å². The zero-order valence-electron chi connectivity index (χ0n) is 10.8. The molecule has 0 bridgehead atoms. The molecule has 1 aliphatic rings. The van der Waals surface area contributed by atoms with Crippen molar-refractivity contribution in [2.24, 2.45) is 13.0 Å². The minimum atomic E-state index is -0.442. The van der Waals surface area contributed by atoms with E-state index >= 15 is 0 Å². The maximum Gasteiger partial charge on any atom is 0.246 e. The molecule has 1 unspecified atom stereocenters. The van der Waals surface area contributed by atoms with Crippen LogP contribution in [-0.4, -0.2) is 44.3 Å². The summed E-state index contributed by atoms with van der Waals surface area (Å²) in [6.45, 7) is 4.23. The van der Waals surface area contributed by atoms with Crippen molar-refractivity contribution in [2.75, 3.05) is 6.54 Å². The number of rotatable bonds is 3. The van der Waals surface area contributed by atoms with E-state index in [4.69, 9.17) is 0 Å². The summed E-state index contributed by atoms with van der Waals surface area (Å²) in [6.07, 6.45) is 1.74. The van der Waals surface area contributed by atoms with E-state index in [0.717, 1.165) is 0 Å². The molecule has 0 spiro atoms. The predicted molar refractivity (Wildman–Crippen MR) is 63.2 cm³/mol. The van der Waals surface area contributed by atoms with Crippen LogP contribution in [0, 0.1) is 5.92 Å². The lowest BCUT2D eigenvalue weighted by Gasteiger charge is -2.33. The number of amides is 2. The number of nitrogens with zero attached hydrogens (tertiary/aromatic N) is 4. The molecule has 0 aliphatic carbocycles. The van der Waals surface area contributed by atoms with Crippen LogP contribution in [0.25, 0.3) is 0 Å². The topological polar surface area (TPSA) is 80.1 Å². The molecule has 1 aliphatic heterocycles. The number of carbonyl (C=O) groups is 2. The van der Waals surface area contributed by atoms with Crippen LogP contribution in [0.15, 0.2) is 6.20 Å². The summed E-state index contributed by atoms with van der Waals surface area (Å²) >= 11 is 0. The summed E-state index contributed by atoms with van der Waals surface area (Å²) in [4.78, 5) is 25.3. The van der Waals surface area contributed by atoms with E-state index < -0.39 is 6.04 Å². The molecule has 18 heavy (non-hydrogen) atoms. The van der Waals surface area contributed by atoms with Gasteiger partial charge in [0, 0.05) is 13.2 Å². The summed E-state index contributed by atoms with van der Waals surface area (Å²) in [7, 11) is 1.76. The quantitative estimate of drug-likeness (QED) is 0.770.